The molecular formula is C18H16N4O2. The summed E-state index contributed by atoms with van der Waals surface area (Å²) in [6.45, 7) is 5.04. The maximum atomic E-state index is 10.0. The number of hydrogen-bond acceptors (Lipinski definition) is 6. The molecule has 120 valence electrons. The largest absolute Gasteiger partial charge is 0.447 e. The molecule has 1 aromatic rings. The van der Waals surface area contributed by atoms with Crippen LogP contribution in [0.3, 0.4) is 0 Å². The highest BCUT2D eigenvalue weighted by molar-refractivity contribution is 5.90. The number of nitriles is 3. The molecule has 2 aliphatic heterocycles. The number of ether oxygens (including phenoxy) is 2. The first kappa shape index (κ1) is 16.0. The Kier molecular flexibility index (Phi) is 3.05. The average molecular weight is 320 g/mol. The Morgan fingerprint density at radius 1 is 1.00 bits per heavy atom. The summed E-state index contributed by atoms with van der Waals surface area (Å²) < 4.78 is 11.7. The van der Waals surface area contributed by atoms with Crippen molar-refractivity contribution in [2.75, 3.05) is 0 Å². The predicted molar refractivity (Wildman–Crippen MR) is 83.0 cm³/mol. The first-order valence-corrected chi connectivity index (χ1v) is 7.51. The molecule has 0 spiro atoms. The topological polar surface area (TPSA) is 114 Å². The molecule has 2 fully saturated rings. The third-order valence-electron chi connectivity index (χ3n) is 5.66. The van der Waals surface area contributed by atoms with Crippen molar-refractivity contribution < 1.29 is 9.47 Å². The minimum Gasteiger partial charge on any atom is -0.447 e. The third kappa shape index (κ3) is 1.39. The van der Waals surface area contributed by atoms with Gasteiger partial charge in [-0.3, -0.25) is 5.41 Å². The van der Waals surface area contributed by atoms with Gasteiger partial charge in [-0.25, -0.2) is 0 Å². The van der Waals surface area contributed by atoms with Gasteiger partial charge >= 0.3 is 0 Å². The van der Waals surface area contributed by atoms with Crippen molar-refractivity contribution in [3.63, 3.8) is 0 Å². The standard InChI is InChI=1S/C18H16N4O2/c1-15(2)16(3)23-13(12-7-5-4-6-8-12)17(9-19,10-20)18(15,11-21)14(22)24-16/h4-8,13,22H,1-3H3/t13-,16-,18-/m1/s1. The molecule has 0 radical (unpaired) electrons. The van der Waals surface area contributed by atoms with Crippen LogP contribution in [0.25, 0.3) is 0 Å². The first-order chi connectivity index (χ1) is 11.3. The lowest BCUT2D eigenvalue weighted by atomic mass is 9.48. The van der Waals surface area contributed by atoms with Crippen LogP contribution in [0.2, 0.25) is 0 Å². The minimum absolute atomic E-state index is 0.390. The maximum absolute atomic E-state index is 10.0. The van der Waals surface area contributed by atoms with Crippen molar-refractivity contribution in [3.05, 3.63) is 35.9 Å². The van der Waals surface area contributed by atoms with Gasteiger partial charge in [0.25, 0.3) is 0 Å². The fourth-order valence-electron chi connectivity index (χ4n) is 3.91. The number of rotatable bonds is 1. The molecular weight excluding hydrogens is 304 g/mol. The summed E-state index contributed by atoms with van der Waals surface area (Å²) >= 11 is 0. The molecule has 2 bridgehead atoms. The molecule has 3 atom stereocenters. The fourth-order valence-corrected chi connectivity index (χ4v) is 3.91. The Balaban J connectivity index is 2.39. The number of fused-ring (bicyclic) bond motifs is 2. The quantitative estimate of drug-likeness (QED) is 0.854. The van der Waals surface area contributed by atoms with Gasteiger partial charge in [-0.2, -0.15) is 15.8 Å². The molecule has 0 unspecified atom stereocenters. The maximum Gasteiger partial charge on any atom is 0.217 e. The lowest BCUT2D eigenvalue weighted by molar-refractivity contribution is -0.302. The molecule has 2 saturated heterocycles. The zero-order valence-electron chi connectivity index (χ0n) is 13.6. The van der Waals surface area contributed by atoms with Crippen LogP contribution in [0.4, 0.5) is 0 Å². The van der Waals surface area contributed by atoms with Gasteiger partial charge in [-0.15, -0.1) is 0 Å². The van der Waals surface area contributed by atoms with E-state index in [9.17, 15) is 15.8 Å². The van der Waals surface area contributed by atoms with Crippen molar-refractivity contribution in [1.82, 2.24) is 0 Å². The van der Waals surface area contributed by atoms with Crippen LogP contribution in [0.15, 0.2) is 30.3 Å². The molecule has 0 aliphatic carbocycles. The van der Waals surface area contributed by atoms with Crippen molar-refractivity contribution in [2.45, 2.75) is 32.7 Å². The van der Waals surface area contributed by atoms with E-state index < -0.39 is 28.1 Å². The molecule has 0 aromatic heterocycles. The van der Waals surface area contributed by atoms with Crippen molar-refractivity contribution in [3.8, 4) is 18.2 Å². The number of nitrogens with zero attached hydrogens (tertiary/aromatic N) is 3. The van der Waals surface area contributed by atoms with Crippen LogP contribution >= 0.6 is 0 Å². The van der Waals surface area contributed by atoms with Gasteiger partial charge in [0.05, 0.1) is 23.6 Å². The van der Waals surface area contributed by atoms with Gasteiger partial charge in [0.15, 0.2) is 5.41 Å². The zero-order valence-corrected chi connectivity index (χ0v) is 13.6. The molecule has 0 saturated carbocycles. The summed E-state index contributed by atoms with van der Waals surface area (Å²) in [6, 6.07) is 14.9. The second kappa shape index (κ2) is 4.57. The second-order valence-corrected chi connectivity index (χ2v) is 6.80. The number of nitrogens with one attached hydrogen (secondary N) is 1. The van der Waals surface area contributed by atoms with E-state index in [0.29, 0.717) is 5.56 Å². The van der Waals surface area contributed by atoms with E-state index in [1.807, 2.05) is 18.2 Å². The number of benzene rings is 1. The number of hydrogen-bond donors (Lipinski definition) is 1. The Bertz CT molecular complexity index is 829. The lowest BCUT2D eigenvalue weighted by Gasteiger charge is -2.53. The van der Waals surface area contributed by atoms with Gasteiger partial charge in [-0.05, 0) is 5.56 Å². The normalized spacial score (nSPS) is 35.2. The highest BCUT2D eigenvalue weighted by Crippen LogP contribution is 2.71. The molecule has 0 amide bonds. The molecule has 24 heavy (non-hydrogen) atoms. The molecule has 1 aromatic carbocycles. The van der Waals surface area contributed by atoms with Gasteiger partial charge in [0.1, 0.15) is 6.10 Å². The van der Waals surface area contributed by atoms with Gasteiger partial charge in [-0.1, -0.05) is 44.2 Å². The van der Waals surface area contributed by atoms with E-state index in [1.165, 1.54) is 0 Å². The Morgan fingerprint density at radius 3 is 2.08 bits per heavy atom. The summed E-state index contributed by atoms with van der Waals surface area (Å²) in [4.78, 5) is 0. The van der Waals surface area contributed by atoms with E-state index in [1.54, 1.807) is 45.0 Å². The van der Waals surface area contributed by atoms with E-state index in [4.69, 9.17) is 14.9 Å². The minimum atomic E-state index is -1.90. The summed E-state index contributed by atoms with van der Waals surface area (Å²) in [5.41, 5.74) is -4.11. The molecule has 3 rings (SSSR count). The van der Waals surface area contributed by atoms with Crippen LogP contribution in [-0.4, -0.2) is 11.7 Å². The van der Waals surface area contributed by atoms with E-state index in [2.05, 4.69) is 6.07 Å². The van der Waals surface area contributed by atoms with Crippen molar-refractivity contribution >= 4 is 5.90 Å². The third-order valence-corrected chi connectivity index (χ3v) is 5.66. The van der Waals surface area contributed by atoms with Crippen molar-refractivity contribution in [2.24, 2.45) is 16.2 Å². The Hall–Kier alpha value is -2.88. The molecule has 6 nitrogen and oxygen atoms in total. The van der Waals surface area contributed by atoms with E-state index in [0.717, 1.165) is 0 Å². The summed E-state index contributed by atoms with van der Waals surface area (Å²) in [5.74, 6) is -1.68. The summed E-state index contributed by atoms with van der Waals surface area (Å²) in [6.07, 6.45) is -1.01. The predicted octanol–water partition coefficient (Wildman–Crippen LogP) is 3.05. The Labute approximate surface area is 140 Å². The fraction of sp³-hybridized carbons (Fsp3) is 0.444. The molecule has 6 heteroatoms. The second-order valence-electron chi connectivity index (χ2n) is 6.80. The summed E-state index contributed by atoms with van der Waals surface area (Å²) in [7, 11) is 0. The van der Waals surface area contributed by atoms with E-state index >= 15 is 0 Å². The molecule has 2 heterocycles. The van der Waals surface area contributed by atoms with Crippen LogP contribution in [0.1, 0.15) is 32.4 Å². The molecule has 2 aliphatic rings. The van der Waals surface area contributed by atoms with Gasteiger partial charge in [0, 0.05) is 6.92 Å². The smallest absolute Gasteiger partial charge is 0.217 e. The SMILES string of the molecule is CC1(C)[C@@]2(C)OC(=N)[C@@]1(C#N)C(C#N)(C#N)[C@@H](c1ccccc1)O2. The monoisotopic (exact) mass is 320 g/mol. The van der Waals surface area contributed by atoms with Gasteiger partial charge in [0.2, 0.25) is 17.1 Å². The average Bonchev–Trinajstić information content (AvgIpc) is 2.67. The summed E-state index contributed by atoms with van der Waals surface area (Å²) in [5, 5.41) is 38.3. The van der Waals surface area contributed by atoms with Gasteiger partial charge < -0.3 is 9.47 Å². The lowest BCUT2D eigenvalue weighted by Crippen LogP contribution is -2.63. The van der Waals surface area contributed by atoms with Crippen LogP contribution in [-0.2, 0) is 9.47 Å². The van der Waals surface area contributed by atoms with Crippen LogP contribution in [0.5, 0.6) is 0 Å². The highest BCUT2D eigenvalue weighted by atomic mass is 16.7. The van der Waals surface area contributed by atoms with E-state index in [-0.39, 0.29) is 5.90 Å². The Morgan fingerprint density at radius 2 is 1.58 bits per heavy atom. The first-order valence-electron chi connectivity index (χ1n) is 7.51. The van der Waals surface area contributed by atoms with Crippen LogP contribution in [0, 0.1) is 55.6 Å². The highest BCUT2D eigenvalue weighted by Gasteiger charge is 2.83. The van der Waals surface area contributed by atoms with Crippen LogP contribution < -0.4 is 0 Å². The van der Waals surface area contributed by atoms with Crippen molar-refractivity contribution in [1.29, 1.82) is 21.2 Å². The zero-order chi connectivity index (χ0) is 17.8. The molecule has 1 N–H and O–H groups in total.